The zero-order valence-corrected chi connectivity index (χ0v) is 11.5. The lowest BCUT2D eigenvalue weighted by Gasteiger charge is -2.33. The Hall–Kier alpha value is -1.28. The Balaban J connectivity index is 2.37. The summed E-state index contributed by atoms with van der Waals surface area (Å²) in [4.78, 5) is 2.27. The van der Waals surface area contributed by atoms with Crippen LogP contribution < -0.4 is 0 Å². The van der Waals surface area contributed by atoms with Crippen molar-refractivity contribution in [3.8, 4) is 0 Å². The highest BCUT2D eigenvalue weighted by Crippen LogP contribution is 2.21. The van der Waals surface area contributed by atoms with Crippen molar-refractivity contribution < 1.29 is 0 Å². The van der Waals surface area contributed by atoms with Gasteiger partial charge in [0.05, 0.1) is 0 Å². The maximum atomic E-state index is 2.34. The topological polar surface area (TPSA) is 8.17 Å². The minimum Gasteiger partial charge on any atom is -0.346 e. The Kier molecular flexibility index (Phi) is 3.00. The third kappa shape index (κ3) is 2.37. The normalized spacial score (nSPS) is 12.6. The van der Waals surface area contributed by atoms with E-state index in [0.29, 0.717) is 0 Å². The van der Waals surface area contributed by atoms with Gasteiger partial charge in [0.15, 0.2) is 0 Å². The zero-order valence-electron chi connectivity index (χ0n) is 11.5. The second-order valence-corrected chi connectivity index (χ2v) is 5.71. The van der Waals surface area contributed by atoms with Crippen molar-refractivity contribution in [2.45, 2.75) is 32.9 Å². The lowest BCUT2D eigenvalue weighted by molar-refractivity contribution is 0.171. The number of rotatable bonds is 3. The lowest BCUT2D eigenvalue weighted by Crippen LogP contribution is -2.41. The first-order chi connectivity index (χ1) is 7.90. The van der Waals surface area contributed by atoms with Crippen molar-refractivity contribution in [1.29, 1.82) is 0 Å². The Labute approximate surface area is 104 Å². The lowest BCUT2D eigenvalue weighted by atomic mass is 10.0. The second kappa shape index (κ2) is 4.19. The van der Waals surface area contributed by atoms with Crippen LogP contribution in [0.4, 0.5) is 0 Å². The van der Waals surface area contributed by atoms with Crippen LogP contribution in [-0.4, -0.2) is 29.1 Å². The summed E-state index contributed by atoms with van der Waals surface area (Å²) in [6, 6.07) is 8.85. The molecule has 1 heterocycles. The number of likely N-dealkylation sites (N-methyl/N-ethyl adjacent to an activating group) is 1. The van der Waals surface area contributed by atoms with Gasteiger partial charge >= 0.3 is 0 Å². The maximum Gasteiger partial charge on any atom is 0.0481 e. The monoisotopic (exact) mass is 230 g/mol. The highest BCUT2D eigenvalue weighted by atomic mass is 15.2. The van der Waals surface area contributed by atoms with Gasteiger partial charge in [-0.15, -0.1) is 0 Å². The smallest absolute Gasteiger partial charge is 0.0481 e. The van der Waals surface area contributed by atoms with E-state index in [2.05, 4.69) is 74.8 Å². The van der Waals surface area contributed by atoms with Gasteiger partial charge in [-0.05, 0) is 58.5 Å². The number of hydrogen-bond acceptors (Lipinski definition) is 1. The minimum absolute atomic E-state index is 0.164. The quantitative estimate of drug-likeness (QED) is 0.785. The summed E-state index contributed by atoms with van der Waals surface area (Å²) < 4.78 is 2.34. The van der Waals surface area contributed by atoms with Crippen LogP contribution in [0.5, 0.6) is 0 Å². The first kappa shape index (κ1) is 12.2. The van der Waals surface area contributed by atoms with E-state index in [4.69, 9.17) is 0 Å². The Morgan fingerprint density at radius 3 is 2.53 bits per heavy atom. The molecule has 0 saturated heterocycles. The van der Waals surface area contributed by atoms with Crippen molar-refractivity contribution in [2.75, 3.05) is 14.1 Å². The molecule has 17 heavy (non-hydrogen) atoms. The van der Waals surface area contributed by atoms with Crippen molar-refractivity contribution in [3.05, 3.63) is 36.0 Å². The van der Waals surface area contributed by atoms with Gasteiger partial charge < -0.3 is 9.47 Å². The molecule has 0 atom stereocenters. The SMILES string of the molecule is Cc1ccc2c(ccn2CC(C)(C)N(C)C)c1. The molecule has 2 nitrogen and oxygen atoms in total. The summed E-state index contributed by atoms with van der Waals surface area (Å²) in [6.07, 6.45) is 2.19. The molecule has 2 aromatic rings. The summed E-state index contributed by atoms with van der Waals surface area (Å²) in [5.74, 6) is 0. The van der Waals surface area contributed by atoms with E-state index in [9.17, 15) is 0 Å². The average molecular weight is 230 g/mol. The highest BCUT2D eigenvalue weighted by molar-refractivity contribution is 5.80. The molecular formula is C15H22N2. The fourth-order valence-electron chi connectivity index (χ4n) is 2.02. The molecule has 0 bridgehead atoms. The summed E-state index contributed by atoms with van der Waals surface area (Å²) in [5, 5.41) is 1.33. The summed E-state index contributed by atoms with van der Waals surface area (Å²) in [7, 11) is 4.27. The molecule has 0 N–H and O–H groups in total. The van der Waals surface area contributed by atoms with Crippen LogP contribution in [0.2, 0.25) is 0 Å². The molecular weight excluding hydrogens is 208 g/mol. The molecule has 2 heteroatoms. The van der Waals surface area contributed by atoms with Gasteiger partial charge in [0, 0.05) is 23.8 Å². The van der Waals surface area contributed by atoms with E-state index in [1.165, 1.54) is 16.5 Å². The summed E-state index contributed by atoms with van der Waals surface area (Å²) >= 11 is 0. The fraction of sp³-hybridized carbons (Fsp3) is 0.467. The van der Waals surface area contributed by atoms with Crippen LogP contribution in [0.1, 0.15) is 19.4 Å². The Morgan fingerprint density at radius 1 is 1.18 bits per heavy atom. The third-order valence-electron chi connectivity index (χ3n) is 3.69. The molecule has 0 saturated carbocycles. The van der Waals surface area contributed by atoms with Crippen LogP contribution in [0.15, 0.2) is 30.5 Å². The molecule has 0 aliphatic carbocycles. The largest absolute Gasteiger partial charge is 0.346 e. The molecule has 0 fully saturated rings. The van der Waals surface area contributed by atoms with Gasteiger partial charge in [-0.25, -0.2) is 0 Å². The molecule has 0 spiro atoms. The number of aromatic nitrogens is 1. The first-order valence-corrected chi connectivity index (χ1v) is 6.13. The minimum atomic E-state index is 0.164. The second-order valence-electron chi connectivity index (χ2n) is 5.71. The van der Waals surface area contributed by atoms with E-state index < -0.39 is 0 Å². The molecule has 2 rings (SSSR count). The molecule has 0 radical (unpaired) electrons. The first-order valence-electron chi connectivity index (χ1n) is 6.13. The van der Waals surface area contributed by atoms with Crippen molar-refractivity contribution in [3.63, 3.8) is 0 Å². The molecule has 0 amide bonds. The Bertz CT molecular complexity index is 521. The van der Waals surface area contributed by atoms with Crippen LogP contribution in [-0.2, 0) is 6.54 Å². The van der Waals surface area contributed by atoms with Gasteiger partial charge in [-0.1, -0.05) is 11.6 Å². The number of hydrogen-bond donors (Lipinski definition) is 0. The maximum absolute atomic E-state index is 2.34. The van der Waals surface area contributed by atoms with Gasteiger partial charge in [0.25, 0.3) is 0 Å². The predicted molar refractivity (Wildman–Crippen MR) is 74.4 cm³/mol. The average Bonchev–Trinajstić information content (AvgIpc) is 2.60. The van der Waals surface area contributed by atoms with Crippen LogP contribution >= 0.6 is 0 Å². The molecule has 0 aliphatic heterocycles. The van der Waals surface area contributed by atoms with Crippen molar-refractivity contribution in [1.82, 2.24) is 9.47 Å². The van der Waals surface area contributed by atoms with Gasteiger partial charge in [0.1, 0.15) is 0 Å². The van der Waals surface area contributed by atoms with Crippen molar-refractivity contribution >= 4 is 10.9 Å². The van der Waals surface area contributed by atoms with Crippen molar-refractivity contribution in [2.24, 2.45) is 0 Å². The molecule has 92 valence electrons. The third-order valence-corrected chi connectivity index (χ3v) is 3.69. The van der Waals surface area contributed by atoms with Crippen LogP contribution in [0, 0.1) is 6.92 Å². The van der Waals surface area contributed by atoms with E-state index in [1.807, 2.05) is 0 Å². The number of aryl methyl sites for hydroxylation is 1. The number of fused-ring (bicyclic) bond motifs is 1. The Morgan fingerprint density at radius 2 is 1.88 bits per heavy atom. The number of nitrogens with zero attached hydrogens (tertiary/aromatic N) is 2. The van der Waals surface area contributed by atoms with Gasteiger partial charge in [-0.2, -0.15) is 0 Å². The summed E-state index contributed by atoms with van der Waals surface area (Å²) in [6.45, 7) is 7.69. The molecule has 1 aromatic heterocycles. The predicted octanol–water partition coefficient (Wildman–Crippen LogP) is 3.29. The van der Waals surface area contributed by atoms with Crippen LogP contribution in [0.25, 0.3) is 10.9 Å². The highest BCUT2D eigenvalue weighted by Gasteiger charge is 2.21. The standard InChI is InChI=1S/C15H22N2/c1-12-6-7-14-13(10-12)8-9-17(14)11-15(2,3)16(4)5/h6-10H,11H2,1-5H3. The van der Waals surface area contributed by atoms with E-state index in [-0.39, 0.29) is 5.54 Å². The molecule has 1 aromatic carbocycles. The van der Waals surface area contributed by atoms with Crippen LogP contribution in [0.3, 0.4) is 0 Å². The van der Waals surface area contributed by atoms with Gasteiger partial charge in [0.2, 0.25) is 0 Å². The fourth-order valence-corrected chi connectivity index (χ4v) is 2.02. The molecule has 0 aliphatic rings. The van der Waals surface area contributed by atoms with Gasteiger partial charge in [-0.3, -0.25) is 0 Å². The van der Waals surface area contributed by atoms with E-state index in [0.717, 1.165) is 6.54 Å². The molecule has 0 unspecified atom stereocenters. The number of benzene rings is 1. The zero-order chi connectivity index (χ0) is 12.6. The summed E-state index contributed by atoms with van der Waals surface area (Å²) in [5.41, 5.74) is 2.81. The van der Waals surface area contributed by atoms with E-state index >= 15 is 0 Å². The van der Waals surface area contributed by atoms with E-state index in [1.54, 1.807) is 0 Å².